The lowest BCUT2D eigenvalue weighted by molar-refractivity contribution is 0.0955. The van der Waals surface area contributed by atoms with Gasteiger partial charge >= 0.3 is 0 Å². The van der Waals surface area contributed by atoms with E-state index in [1.165, 1.54) is 10.8 Å². The normalized spacial score (nSPS) is 11.2. The predicted octanol–water partition coefficient (Wildman–Crippen LogP) is 9.44. The van der Waals surface area contributed by atoms with Crippen molar-refractivity contribution in [1.82, 2.24) is 9.99 Å². The number of hydrazone groups is 1. The van der Waals surface area contributed by atoms with Crippen LogP contribution in [0.3, 0.4) is 0 Å². The zero-order chi connectivity index (χ0) is 31.2. The van der Waals surface area contributed by atoms with Crippen molar-refractivity contribution in [3.63, 3.8) is 0 Å². The third-order valence-electron chi connectivity index (χ3n) is 7.62. The van der Waals surface area contributed by atoms with Gasteiger partial charge < -0.3 is 9.30 Å². The molecular formula is C39H32BrN3O2. The standard InChI is InChI=1S/C39H32BrN3O2/c1-3-9-34-23-29(24-36(40)38(34)45-26-28-15-16-30-10-7-8-13-33(30)22-28)25-41-42-39(44)32-17-19-35(20-18-32)43-27(2)14-21-37(43)31-11-5-4-6-12-31/h3-8,10-25H,1,9,26H2,2H3,(H,42,44)/b41-25+. The third kappa shape index (κ3) is 6.82. The Morgan fingerprint density at radius 1 is 0.889 bits per heavy atom. The summed E-state index contributed by atoms with van der Waals surface area (Å²) in [5, 5.41) is 6.62. The van der Waals surface area contributed by atoms with E-state index >= 15 is 0 Å². The molecule has 5 aromatic carbocycles. The number of rotatable bonds is 10. The number of fused-ring (bicyclic) bond motifs is 1. The molecule has 0 spiro atoms. The molecule has 0 saturated carbocycles. The van der Waals surface area contributed by atoms with Crippen molar-refractivity contribution in [2.24, 2.45) is 5.10 Å². The van der Waals surface area contributed by atoms with Crippen molar-refractivity contribution in [3.8, 4) is 22.7 Å². The van der Waals surface area contributed by atoms with Crippen LogP contribution in [0.15, 0.2) is 144 Å². The number of benzene rings is 5. The van der Waals surface area contributed by atoms with Crippen LogP contribution in [-0.4, -0.2) is 16.7 Å². The van der Waals surface area contributed by atoms with E-state index in [2.05, 4.69) is 99.1 Å². The van der Waals surface area contributed by atoms with E-state index in [1.807, 2.05) is 72.8 Å². The van der Waals surface area contributed by atoms with Gasteiger partial charge in [-0.1, -0.05) is 72.8 Å². The Labute approximate surface area is 271 Å². The molecule has 0 radical (unpaired) electrons. The zero-order valence-corrected chi connectivity index (χ0v) is 26.5. The van der Waals surface area contributed by atoms with E-state index in [0.29, 0.717) is 18.6 Å². The molecule has 0 atom stereocenters. The van der Waals surface area contributed by atoms with Gasteiger partial charge in [-0.05, 0) is 117 Å². The maximum absolute atomic E-state index is 12.9. The topological polar surface area (TPSA) is 55.6 Å². The van der Waals surface area contributed by atoms with Gasteiger partial charge in [0.25, 0.3) is 5.91 Å². The highest BCUT2D eigenvalue weighted by Crippen LogP contribution is 2.32. The molecule has 6 rings (SSSR count). The highest BCUT2D eigenvalue weighted by atomic mass is 79.9. The summed E-state index contributed by atoms with van der Waals surface area (Å²) in [5.74, 6) is 0.476. The number of carbonyl (C=O) groups excluding carboxylic acids is 1. The van der Waals surface area contributed by atoms with Gasteiger partial charge in [0.15, 0.2) is 0 Å². The maximum atomic E-state index is 12.9. The number of aryl methyl sites for hydroxylation is 1. The average Bonchev–Trinajstić information content (AvgIpc) is 3.46. The van der Waals surface area contributed by atoms with Crippen molar-refractivity contribution < 1.29 is 9.53 Å². The van der Waals surface area contributed by atoms with Gasteiger partial charge in [0.2, 0.25) is 0 Å². The molecule has 45 heavy (non-hydrogen) atoms. The second kappa shape index (κ2) is 13.6. The summed E-state index contributed by atoms with van der Waals surface area (Å²) in [6.45, 7) is 6.42. The number of hydrogen-bond acceptors (Lipinski definition) is 3. The van der Waals surface area contributed by atoms with Crippen LogP contribution in [0.5, 0.6) is 5.75 Å². The summed E-state index contributed by atoms with van der Waals surface area (Å²) in [6, 6.07) is 40.6. The first-order valence-electron chi connectivity index (χ1n) is 14.7. The molecule has 0 aliphatic heterocycles. The van der Waals surface area contributed by atoms with E-state index in [4.69, 9.17) is 4.74 Å². The summed E-state index contributed by atoms with van der Waals surface area (Å²) >= 11 is 3.68. The molecule has 0 fully saturated rings. The number of nitrogens with one attached hydrogen (secondary N) is 1. The van der Waals surface area contributed by atoms with Gasteiger partial charge in [-0.2, -0.15) is 5.10 Å². The second-order valence-corrected chi connectivity index (χ2v) is 11.6. The minimum atomic E-state index is -0.286. The van der Waals surface area contributed by atoms with Gasteiger partial charge in [0.05, 0.1) is 16.4 Å². The van der Waals surface area contributed by atoms with Gasteiger partial charge in [0, 0.05) is 16.9 Å². The Kier molecular flexibility index (Phi) is 9.04. The molecule has 6 aromatic rings. The van der Waals surface area contributed by atoms with Gasteiger partial charge in [-0.15, -0.1) is 6.58 Å². The zero-order valence-electron chi connectivity index (χ0n) is 24.9. The third-order valence-corrected chi connectivity index (χ3v) is 8.21. The SMILES string of the molecule is C=CCc1cc(/C=N/NC(=O)c2ccc(-n3c(C)ccc3-c3ccccc3)cc2)cc(Br)c1OCc1ccc2ccccc2c1. The number of hydrogen-bond donors (Lipinski definition) is 1. The highest BCUT2D eigenvalue weighted by molar-refractivity contribution is 9.10. The summed E-state index contributed by atoms with van der Waals surface area (Å²) in [4.78, 5) is 12.9. The summed E-state index contributed by atoms with van der Waals surface area (Å²) in [6.07, 6.45) is 4.10. The van der Waals surface area contributed by atoms with E-state index < -0.39 is 0 Å². The average molecular weight is 655 g/mol. The van der Waals surface area contributed by atoms with Gasteiger partial charge in [0.1, 0.15) is 12.4 Å². The van der Waals surface area contributed by atoms with Crippen molar-refractivity contribution in [1.29, 1.82) is 0 Å². The molecule has 1 amide bonds. The van der Waals surface area contributed by atoms with Crippen molar-refractivity contribution in [3.05, 3.63) is 166 Å². The van der Waals surface area contributed by atoms with Crippen LogP contribution in [0, 0.1) is 6.92 Å². The molecule has 1 aromatic heterocycles. The van der Waals surface area contributed by atoms with Gasteiger partial charge in [-0.3, -0.25) is 4.79 Å². The van der Waals surface area contributed by atoms with E-state index in [0.717, 1.165) is 49.6 Å². The number of allylic oxidation sites excluding steroid dienone is 1. The van der Waals surface area contributed by atoms with Crippen LogP contribution < -0.4 is 10.2 Å². The number of halogens is 1. The minimum absolute atomic E-state index is 0.286. The smallest absolute Gasteiger partial charge is 0.271 e. The van der Waals surface area contributed by atoms with Crippen LogP contribution in [-0.2, 0) is 13.0 Å². The molecule has 0 aliphatic rings. The predicted molar refractivity (Wildman–Crippen MR) is 187 cm³/mol. The van der Waals surface area contributed by atoms with Crippen LogP contribution in [0.25, 0.3) is 27.7 Å². The molecule has 222 valence electrons. The second-order valence-electron chi connectivity index (χ2n) is 10.8. The highest BCUT2D eigenvalue weighted by Gasteiger charge is 2.13. The quantitative estimate of drug-likeness (QED) is 0.0909. The Hall–Kier alpha value is -5.20. The number of nitrogens with zero attached hydrogens (tertiary/aromatic N) is 2. The Balaban J connectivity index is 1.13. The molecule has 0 saturated heterocycles. The van der Waals surface area contributed by atoms with Crippen LogP contribution in [0.2, 0.25) is 0 Å². The minimum Gasteiger partial charge on any atom is -0.487 e. The van der Waals surface area contributed by atoms with Crippen molar-refractivity contribution in [2.45, 2.75) is 20.0 Å². The molecule has 6 heteroatoms. The largest absolute Gasteiger partial charge is 0.487 e. The maximum Gasteiger partial charge on any atom is 0.271 e. The monoisotopic (exact) mass is 653 g/mol. The first-order chi connectivity index (χ1) is 22.0. The first kappa shape index (κ1) is 29.9. The van der Waals surface area contributed by atoms with E-state index in [1.54, 1.807) is 6.21 Å². The summed E-state index contributed by atoms with van der Waals surface area (Å²) in [5.41, 5.74) is 10.4. The molecular weight excluding hydrogens is 622 g/mol. The van der Waals surface area contributed by atoms with E-state index in [-0.39, 0.29) is 5.91 Å². The lowest BCUT2D eigenvalue weighted by Gasteiger charge is -2.14. The van der Waals surface area contributed by atoms with Gasteiger partial charge in [-0.25, -0.2) is 5.43 Å². The lowest BCUT2D eigenvalue weighted by atomic mass is 10.1. The molecule has 5 nitrogen and oxygen atoms in total. The molecule has 0 unspecified atom stereocenters. The lowest BCUT2D eigenvalue weighted by Crippen LogP contribution is -2.17. The number of ether oxygens (including phenoxy) is 1. The fraction of sp³-hybridized carbons (Fsp3) is 0.0769. The van der Waals surface area contributed by atoms with Crippen LogP contribution in [0.1, 0.15) is 32.7 Å². The molecule has 0 bridgehead atoms. The van der Waals surface area contributed by atoms with Crippen molar-refractivity contribution >= 4 is 38.8 Å². The summed E-state index contributed by atoms with van der Waals surface area (Å²) in [7, 11) is 0. The fourth-order valence-electron chi connectivity index (χ4n) is 5.41. The van der Waals surface area contributed by atoms with Crippen molar-refractivity contribution in [2.75, 3.05) is 0 Å². The molecule has 0 aliphatic carbocycles. The number of carbonyl (C=O) groups is 1. The van der Waals surface area contributed by atoms with Crippen LogP contribution in [0.4, 0.5) is 0 Å². The Bertz CT molecular complexity index is 2010. The van der Waals surface area contributed by atoms with E-state index in [9.17, 15) is 4.79 Å². The van der Waals surface area contributed by atoms with Crippen LogP contribution >= 0.6 is 15.9 Å². The molecule has 1 heterocycles. The first-order valence-corrected chi connectivity index (χ1v) is 15.5. The Morgan fingerprint density at radius 3 is 2.42 bits per heavy atom. The number of aromatic nitrogens is 1. The fourth-order valence-corrected chi connectivity index (χ4v) is 6.04. The summed E-state index contributed by atoms with van der Waals surface area (Å²) < 4.78 is 9.27. The molecule has 1 N–H and O–H groups in total. The Morgan fingerprint density at radius 2 is 1.64 bits per heavy atom. The number of amides is 1.